The molecule has 0 unspecified atom stereocenters. The Balaban J connectivity index is 2.10. The fourth-order valence-electron chi connectivity index (χ4n) is 0.994. The normalized spacial score (nSPS) is 10.1. The average molecular weight is 363 g/mol. The minimum absolute atomic E-state index is 0.196. The third kappa shape index (κ3) is 2.87. The number of halogens is 2. The van der Waals surface area contributed by atoms with Crippen molar-refractivity contribution >= 4 is 54.9 Å². The van der Waals surface area contributed by atoms with Crippen molar-refractivity contribution in [2.75, 3.05) is 5.32 Å². The molecule has 82 valence electrons. The summed E-state index contributed by atoms with van der Waals surface area (Å²) in [5, 5.41) is 4.42. The van der Waals surface area contributed by atoms with Crippen LogP contribution in [0, 0.1) is 0 Å². The summed E-state index contributed by atoms with van der Waals surface area (Å²) >= 11 is 7.93. The van der Waals surface area contributed by atoms with Gasteiger partial charge in [0.2, 0.25) is 0 Å². The number of thiophene rings is 1. The molecule has 2 rings (SSSR count). The predicted octanol–water partition coefficient (Wildman–Crippen LogP) is 3.32. The van der Waals surface area contributed by atoms with Gasteiger partial charge in [-0.05, 0) is 37.9 Å². The molecule has 0 saturated heterocycles. The van der Waals surface area contributed by atoms with Crippen LogP contribution in [0.5, 0.6) is 0 Å². The van der Waals surface area contributed by atoms with E-state index in [0.29, 0.717) is 16.0 Å². The molecular weight excluding hydrogens is 358 g/mol. The van der Waals surface area contributed by atoms with Gasteiger partial charge in [-0.25, -0.2) is 9.97 Å². The van der Waals surface area contributed by atoms with E-state index in [1.807, 2.05) is 0 Å². The summed E-state index contributed by atoms with van der Waals surface area (Å²) in [4.78, 5) is 19.7. The Kier molecular flexibility index (Phi) is 3.67. The number of anilines is 1. The van der Waals surface area contributed by atoms with Gasteiger partial charge < -0.3 is 5.32 Å². The Morgan fingerprint density at radius 1 is 1.31 bits per heavy atom. The highest BCUT2D eigenvalue weighted by atomic mass is 79.9. The van der Waals surface area contributed by atoms with E-state index in [9.17, 15) is 4.79 Å². The molecule has 2 aromatic heterocycles. The van der Waals surface area contributed by atoms with E-state index in [-0.39, 0.29) is 5.91 Å². The van der Waals surface area contributed by atoms with Crippen LogP contribution in [0.25, 0.3) is 0 Å². The van der Waals surface area contributed by atoms with E-state index in [1.54, 1.807) is 11.4 Å². The molecule has 0 atom stereocenters. The molecule has 1 N–H and O–H groups in total. The smallest absolute Gasteiger partial charge is 0.257 e. The molecule has 1 amide bonds. The molecule has 0 aliphatic carbocycles. The van der Waals surface area contributed by atoms with Gasteiger partial charge in [0.1, 0.15) is 4.60 Å². The lowest BCUT2D eigenvalue weighted by Crippen LogP contribution is -2.12. The highest BCUT2D eigenvalue weighted by molar-refractivity contribution is 9.11. The van der Waals surface area contributed by atoms with Crippen molar-refractivity contribution < 1.29 is 4.79 Å². The number of hydrogen-bond acceptors (Lipinski definition) is 4. The van der Waals surface area contributed by atoms with Gasteiger partial charge in [0.25, 0.3) is 5.91 Å². The van der Waals surface area contributed by atoms with E-state index < -0.39 is 0 Å². The number of carbonyl (C=O) groups is 1. The Bertz CT molecular complexity index is 512. The molecule has 0 fully saturated rings. The number of amides is 1. The van der Waals surface area contributed by atoms with Crippen molar-refractivity contribution in [3.63, 3.8) is 0 Å². The van der Waals surface area contributed by atoms with E-state index in [2.05, 4.69) is 47.1 Å². The molecule has 2 heterocycles. The van der Waals surface area contributed by atoms with Crippen LogP contribution in [0.15, 0.2) is 32.2 Å². The fourth-order valence-corrected chi connectivity index (χ4v) is 2.34. The molecule has 16 heavy (non-hydrogen) atoms. The highest BCUT2D eigenvalue weighted by Gasteiger charge is 2.08. The van der Waals surface area contributed by atoms with Gasteiger partial charge in [-0.2, -0.15) is 0 Å². The van der Waals surface area contributed by atoms with Crippen LogP contribution in [0.3, 0.4) is 0 Å². The van der Waals surface area contributed by atoms with Crippen LogP contribution in [0.1, 0.15) is 10.4 Å². The van der Waals surface area contributed by atoms with Crippen LogP contribution < -0.4 is 5.32 Å². The van der Waals surface area contributed by atoms with Crippen LogP contribution in [0.2, 0.25) is 0 Å². The van der Waals surface area contributed by atoms with Gasteiger partial charge in [0, 0.05) is 5.38 Å². The van der Waals surface area contributed by atoms with Crippen molar-refractivity contribution in [1.29, 1.82) is 0 Å². The van der Waals surface area contributed by atoms with Gasteiger partial charge in [-0.15, -0.1) is 11.3 Å². The summed E-state index contributed by atoms with van der Waals surface area (Å²) < 4.78 is 1.54. The molecule has 0 aliphatic heterocycles. The third-order valence-corrected chi connectivity index (χ3v) is 3.61. The minimum Gasteiger partial charge on any atom is -0.305 e. The quantitative estimate of drug-likeness (QED) is 0.891. The maximum atomic E-state index is 11.7. The molecular formula is C9H5Br2N3OS. The lowest BCUT2D eigenvalue weighted by molar-refractivity contribution is 0.102. The Hall–Kier alpha value is -0.790. The summed E-state index contributed by atoms with van der Waals surface area (Å²) in [6.45, 7) is 0. The molecule has 7 heteroatoms. The average Bonchev–Trinajstić information content (AvgIpc) is 2.68. The second-order valence-electron chi connectivity index (χ2n) is 2.82. The van der Waals surface area contributed by atoms with Crippen LogP contribution in [-0.4, -0.2) is 15.9 Å². The van der Waals surface area contributed by atoms with E-state index in [4.69, 9.17) is 0 Å². The van der Waals surface area contributed by atoms with Gasteiger partial charge in [-0.3, -0.25) is 4.79 Å². The van der Waals surface area contributed by atoms with Crippen LogP contribution >= 0.6 is 43.2 Å². The van der Waals surface area contributed by atoms with Gasteiger partial charge in [0.15, 0.2) is 5.82 Å². The lowest BCUT2D eigenvalue weighted by atomic mass is 10.3. The Labute approximate surface area is 112 Å². The zero-order chi connectivity index (χ0) is 11.5. The van der Waals surface area contributed by atoms with Crippen molar-refractivity contribution in [3.8, 4) is 0 Å². The van der Waals surface area contributed by atoms with Crippen LogP contribution in [-0.2, 0) is 0 Å². The number of aromatic nitrogens is 2. The molecule has 0 radical (unpaired) electrons. The predicted molar refractivity (Wildman–Crippen MR) is 69.7 cm³/mol. The number of carbonyl (C=O) groups excluding carboxylic acids is 1. The monoisotopic (exact) mass is 361 g/mol. The first-order valence-electron chi connectivity index (χ1n) is 4.18. The standard InChI is InChI=1S/C9H5Br2N3OS/c10-6-2-13-8(3-12-6)14-9(15)5-1-7(11)16-4-5/h1-4H,(H,13,14,15). The van der Waals surface area contributed by atoms with Crippen molar-refractivity contribution in [1.82, 2.24) is 9.97 Å². The summed E-state index contributed by atoms with van der Waals surface area (Å²) in [6.07, 6.45) is 3.02. The maximum absolute atomic E-state index is 11.7. The summed E-state index contributed by atoms with van der Waals surface area (Å²) in [5.41, 5.74) is 0.599. The molecule has 0 aliphatic rings. The summed E-state index contributed by atoms with van der Waals surface area (Å²) in [6, 6.07) is 1.76. The topological polar surface area (TPSA) is 54.9 Å². The first-order chi connectivity index (χ1) is 7.65. The first-order valence-corrected chi connectivity index (χ1v) is 6.64. The molecule has 2 aromatic rings. The molecule has 4 nitrogen and oxygen atoms in total. The first kappa shape index (κ1) is 11.7. The lowest BCUT2D eigenvalue weighted by Gasteiger charge is -2.01. The van der Waals surface area contributed by atoms with Gasteiger partial charge >= 0.3 is 0 Å². The zero-order valence-electron chi connectivity index (χ0n) is 7.78. The number of nitrogens with one attached hydrogen (secondary N) is 1. The SMILES string of the molecule is O=C(Nc1cnc(Br)cn1)c1csc(Br)c1. The number of hydrogen-bond donors (Lipinski definition) is 1. The highest BCUT2D eigenvalue weighted by Crippen LogP contribution is 2.21. The van der Waals surface area contributed by atoms with Crippen LogP contribution in [0.4, 0.5) is 5.82 Å². The van der Waals surface area contributed by atoms with E-state index in [0.717, 1.165) is 3.79 Å². The summed E-state index contributed by atoms with van der Waals surface area (Å²) in [5.74, 6) is 0.231. The Morgan fingerprint density at radius 2 is 2.12 bits per heavy atom. The second kappa shape index (κ2) is 5.03. The van der Waals surface area contributed by atoms with E-state index >= 15 is 0 Å². The molecule has 0 aromatic carbocycles. The number of rotatable bonds is 2. The zero-order valence-corrected chi connectivity index (χ0v) is 11.8. The largest absolute Gasteiger partial charge is 0.305 e. The Morgan fingerprint density at radius 3 is 2.69 bits per heavy atom. The number of nitrogens with zero attached hydrogens (tertiary/aromatic N) is 2. The fraction of sp³-hybridized carbons (Fsp3) is 0. The van der Waals surface area contributed by atoms with Gasteiger partial charge in [-0.1, -0.05) is 0 Å². The maximum Gasteiger partial charge on any atom is 0.257 e. The third-order valence-electron chi connectivity index (χ3n) is 1.69. The molecule has 0 spiro atoms. The van der Waals surface area contributed by atoms with Crippen molar-refractivity contribution in [2.24, 2.45) is 0 Å². The van der Waals surface area contributed by atoms with Crippen molar-refractivity contribution in [2.45, 2.75) is 0 Å². The molecule has 0 bridgehead atoms. The van der Waals surface area contributed by atoms with Crippen molar-refractivity contribution in [3.05, 3.63) is 37.8 Å². The second-order valence-corrected chi connectivity index (χ2v) is 5.92. The summed E-state index contributed by atoms with van der Waals surface area (Å²) in [7, 11) is 0. The minimum atomic E-state index is -0.196. The van der Waals surface area contributed by atoms with Gasteiger partial charge in [0.05, 0.1) is 21.7 Å². The molecule has 0 saturated carbocycles. The van der Waals surface area contributed by atoms with E-state index in [1.165, 1.54) is 23.7 Å².